The van der Waals surface area contributed by atoms with E-state index in [1.807, 2.05) is 48.5 Å². The summed E-state index contributed by atoms with van der Waals surface area (Å²) in [6, 6.07) is 16.7. The second kappa shape index (κ2) is 6.11. The molecule has 0 spiro atoms. The minimum absolute atomic E-state index is 0.0248. The molecule has 22 heavy (non-hydrogen) atoms. The fourth-order valence-corrected chi connectivity index (χ4v) is 2.91. The molecule has 3 rings (SSSR count). The van der Waals surface area contributed by atoms with Gasteiger partial charge in [0.2, 0.25) is 5.91 Å². The van der Waals surface area contributed by atoms with E-state index in [4.69, 9.17) is 17.3 Å². The average molecular weight is 315 g/mol. The zero-order chi connectivity index (χ0) is 15.6. The molecule has 0 saturated heterocycles. The third kappa shape index (κ3) is 3.16. The van der Waals surface area contributed by atoms with Crippen molar-refractivity contribution in [3.8, 4) is 0 Å². The van der Waals surface area contributed by atoms with Crippen LogP contribution in [-0.4, -0.2) is 12.5 Å². The summed E-state index contributed by atoms with van der Waals surface area (Å²) in [7, 11) is 0. The Morgan fingerprint density at radius 2 is 1.91 bits per heavy atom. The fraction of sp³-hybridized carbons (Fsp3) is 0.278. The van der Waals surface area contributed by atoms with Gasteiger partial charge in [-0.25, -0.2) is 0 Å². The lowest BCUT2D eigenvalue weighted by Crippen LogP contribution is -2.38. The molecule has 4 heteroatoms. The van der Waals surface area contributed by atoms with Gasteiger partial charge in [-0.05, 0) is 36.1 Å². The smallest absolute Gasteiger partial charge is 0.241 e. The van der Waals surface area contributed by atoms with Crippen LogP contribution in [0.3, 0.4) is 0 Å². The standard InChI is InChI=1S/C18H19ClN2O/c19-15-8-4-7-14(11-15)18(9-10-18)12-21-17(22)16(20)13-5-2-1-3-6-13/h1-8,11,16H,9-10,12,20H2,(H,21,22). The molecule has 0 aliphatic heterocycles. The van der Waals surface area contributed by atoms with E-state index >= 15 is 0 Å². The Labute approximate surface area is 135 Å². The summed E-state index contributed by atoms with van der Waals surface area (Å²) < 4.78 is 0. The van der Waals surface area contributed by atoms with Crippen molar-refractivity contribution in [2.75, 3.05) is 6.54 Å². The van der Waals surface area contributed by atoms with Crippen molar-refractivity contribution in [2.24, 2.45) is 5.73 Å². The van der Waals surface area contributed by atoms with Crippen LogP contribution in [0.1, 0.15) is 30.0 Å². The first-order valence-electron chi connectivity index (χ1n) is 7.45. The summed E-state index contributed by atoms with van der Waals surface area (Å²) in [6.07, 6.45) is 2.13. The van der Waals surface area contributed by atoms with E-state index in [2.05, 4.69) is 11.4 Å². The van der Waals surface area contributed by atoms with Crippen LogP contribution in [0.15, 0.2) is 54.6 Å². The van der Waals surface area contributed by atoms with Gasteiger partial charge in [-0.2, -0.15) is 0 Å². The number of hydrogen-bond donors (Lipinski definition) is 2. The highest BCUT2D eigenvalue weighted by atomic mass is 35.5. The summed E-state index contributed by atoms with van der Waals surface area (Å²) in [6.45, 7) is 0.604. The maximum absolute atomic E-state index is 12.3. The summed E-state index contributed by atoms with van der Waals surface area (Å²) in [5.41, 5.74) is 8.06. The van der Waals surface area contributed by atoms with Crippen molar-refractivity contribution >= 4 is 17.5 Å². The molecule has 1 fully saturated rings. The molecule has 1 unspecified atom stereocenters. The van der Waals surface area contributed by atoms with Crippen LogP contribution in [0, 0.1) is 0 Å². The van der Waals surface area contributed by atoms with E-state index in [0.717, 1.165) is 23.4 Å². The maximum Gasteiger partial charge on any atom is 0.241 e. The monoisotopic (exact) mass is 314 g/mol. The van der Waals surface area contributed by atoms with Crippen LogP contribution in [-0.2, 0) is 10.2 Å². The summed E-state index contributed by atoms with van der Waals surface area (Å²) >= 11 is 6.06. The number of hydrogen-bond acceptors (Lipinski definition) is 2. The molecule has 1 aliphatic rings. The SMILES string of the molecule is NC(C(=O)NCC1(c2cccc(Cl)c2)CC1)c1ccccc1. The number of carbonyl (C=O) groups is 1. The summed E-state index contributed by atoms with van der Waals surface area (Å²) in [4.78, 5) is 12.3. The van der Waals surface area contributed by atoms with Crippen molar-refractivity contribution < 1.29 is 4.79 Å². The van der Waals surface area contributed by atoms with Crippen LogP contribution in [0.4, 0.5) is 0 Å². The lowest BCUT2D eigenvalue weighted by molar-refractivity contribution is -0.122. The molecule has 0 aromatic heterocycles. The Kier molecular flexibility index (Phi) is 4.19. The van der Waals surface area contributed by atoms with Crippen LogP contribution < -0.4 is 11.1 Å². The lowest BCUT2D eigenvalue weighted by atomic mass is 9.95. The molecule has 3 nitrogen and oxygen atoms in total. The quantitative estimate of drug-likeness (QED) is 0.890. The van der Waals surface area contributed by atoms with Crippen molar-refractivity contribution in [1.82, 2.24) is 5.32 Å². The van der Waals surface area contributed by atoms with Crippen molar-refractivity contribution in [3.63, 3.8) is 0 Å². The number of carbonyl (C=O) groups excluding carboxylic acids is 1. The predicted octanol–water partition coefficient (Wildman–Crippen LogP) is 3.19. The van der Waals surface area contributed by atoms with Gasteiger partial charge >= 0.3 is 0 Å². The Morgan fingerprint density at radius 3 is 2.55 bits per heavy atom. The second-order valence-electron chi connectivity index (χ2n) is 5.90. The molecule has 3 N–H and O–H groups in total. The molecule has 1 amide bonds. The normalized spacial score (nSPS) is 16.8. The fourth-order valence-electron chi connectivity index (χ4n) is 2.71. The first kappa shape index (κ1) is 15.1. The molecule has 0 bridgehead atoms. The van der Waals surface area contributed by atoms with E-state index in [9.17, 15) is 4.79 Å². The maximum atomic E-state index is 12.3. The first-order valence-corrected chi connectivity index (χ1v) is 7.83. The van der Waals surface area contributed by atoms with Gasteiger partial charge in [0.05, 0.1) is 0 Å². The summed E-state index contributed by atoms with van der Waals surface area (Å²) in [5.74, 6) is -0.139. The molecule has 1 aliphatic carbocycles. The second-order valence-corrected chi connectivity index (χ2v) is 6.33. The Hall–Kier alpha value is -1.84. The number of nitrogens with one attached hydrogen (secondary N) is 1. The molecule has 2 aromatic rings. The van der Waals surface area contributed by atoms with Crippen molar-refractivity contribution in [1.29, 1.82) is 0 Å². The van der Waals surface area contributed by atoms with Gasteiger partial charge in [0.15, 0.2) is 0 Å². The molecule has 0 heterocycles. The van der Waals surface area contributed by atoms with Crippen LogP contribution >= 0.6 is 11.6 Å². The minimum atomic E-state index is -0.628. The predicted molar refractivity (Wildman–Crippen MR) is 88.7 cm³/mol. The van der Waals surface area contributed by atoms with E-state index in [-0.39, 0.29) is 11.3 Å². The number of rotatable bonds is 5. The molecule has 114 valence electrons. The lowest BCUT2D eigenvalue weighted by Gasteiger charge is -2.19. The average Bonchev–Trinajstić information content (AvgIpc) is 3.34. The molecule has 1 saturated carbocycles. The minimum Gasteiger partial charge on any atom is -0.354 e. The summed E-state index contributed by atoms with van der Waals surface area (Å²) in [5, 5.41) is 3.73. The van der Waals surface area contributed by atoms with Gasteiger partial charge in [-0.3, -0.25) is 4.79 Å². The topological polar surface area (TPSA) is 55.1 Å². The van der Waals surface area contributed by atoms with Crippen molar-refractivity contribution in [2.45, 2.75) is 24.3 Å². The highest BCUT2D eigenvalue weighted by Crippen LogP contribution is 2.48. The molecule has 1 atom stereocenters. The van der Waals surface area contributed by atoms with E-state index < -0.39 is 6.04 Å². The third-order valence-electron chi connectivity index (χ3n) is 4.33. The zero-order valence-corrected chi connectivity index (χ0v) is 13.0. The Morgan fingerprint density at radius 1 is 1.18 bits per heavy atom. The Balaban J connectivity index is 1.64. The van der Waals surface area contributed by atoms with E-state index in [1.165, 1.54) is 5.56 Å². The molecular weight excluding hydrogens is 296 g/mol. The van der Waals surface area contributed by atoms with Crippen LogP contribution in [0.5, 0.6) is 0 Å². The molecule has 0 radical (unpaired) electrons. The Bertz CT molecular complexity index is 668. The number of halogens is 1. The van der Waals surface area contributed by atoms with Gasteiger partial charge in [0, 0.05) is 17.0 Å². The van der Waals surface area contributed by atoms with Gasteiger partial charge in [-0.1, -0.05) is 54.1 Å². The first-order chi connectivity index (χ1) is 10.6. The number of benzene rings is 2. The number of amides is 1. The molecule has 2 aromatic carbocycles. The molecular formula is C18H19ClN2O. The van der Waals surface area contributed by atoms with Gasteiger partial charge in [0.25, 0.3) is 0 Å². The van der Waals surface area contributed by atoms with Crippen molar-refractivity contribution in [3.05, 3.63) is 70.7 Å². The van der Waals surface area contributed by atoms with Gasteiger partial charge in [0.1, 0.15) is 6.04 Å². The van der Waals surface area contributed by atoms with Crippen LogP contribution in [0.2, 0.25) is 5.02 Å². The van der Waals surface area contributed by atoms with Gasteiger partial charge < -0.3 is 11.1 Å². The third-order valence-corrected chi connectivity index (χ3v) is 4.57. The van der Waals surface area contributed by atoms with E-state index in [0.29, 0.717) is 6.54 Å². The highest BCUT2D eigenvalue weighted by molar-refractivity contribution is 6.30. The van der Waals surface area contributed by atoms with Gasteiger partial charge in [-0.15, -0.1) is 0 Å². The number of nitrogens with two attached hydrogens (primary N) is 1. The highest BCUT2D eigenvalue weighted by Gasteiger charge is 2.44. The van der Waals surface area contributed by atoms with E-state index in [1.54, 1.807) is 0 Å². The zero-order valence-electron chi connectivity index (χ0n) is 12.3. The largest absolute Gasteiger partial charge is 0.354 e. The van der Waals surface area contributed by atoms with Crippen LogP contribution in [0.25, 0.3) is 0 Å².